The predicted octanol–water partition coefficient (Wildman–Crippen LogP) is 2.21. The van der Waals surface area contributed by atoms with E-state index in [1.807, 2.05) is 32.3 Å². The first kappa shape index (κ1) is 21.0. The summed E-state index contributed by atoms with van der Waals surface area (Å²) in [5, 5.41) is 3.46. The number of ether oxygens (including phenoxy) is 1. The number of pyridine rings is 1. The highest BCUT2D eigenvalue weighted by atomic mass is 127. The Labute approximate surface area is 162 Å². The van der Waals surface area contributed by atoms with Gasteiger partial charge in [-0.2, -0.15) is 0 Å². The molecule has 24 heavy (non-hydrogen) atoms. The molecule has 2 rings (SSSR count). The van der Waals surface area contributed by atoms with Gasteiger partial charge in [-0.3, -0.25) is 4.99 Å². The van der Waals surface area contributed by atoms with Crippen LogP contribution in [-0.2, 0) is 4.74 Å². The lowest BCUT2D eigenvalue weighted by Crippen LogP contribution is -2.52. The summed E-state index contributed by atoms with van der Waals surface area (Å²) in [5.41, 5.74) is 0. The van der Waals surface area contributed by atoms with Crippen LogP contribution in [0.2, 0.25) is 0 Å². The van der Waals surface area contributed by atoms with Crippen molar-refractivity contribution in [2.75, 3.05) is 57.9 Å². The van der Waals surface area contributed by atoms with Crippen molar-refractivity contribution in [1.82, 2.24) is 15.2 Å². The molecule has 1 aliphatic rings. The number of nitrogens with zero attached hydrogens (tertiary/aromatic N) is 4. The van der Waals surface area contributed by atoms with E-state index < -0.39 is 0 Å². The molecule has 0 radical (unpaired) electrons. The van der Waals surface area contributed by atoms with Crippen molar-refractivity contribution in [2.24, 2.45) is 4.99 Å². The molecule has 1 aliphatic heterocycles. The van der Waals surface area contributed by atoms with Gasteiger partial charge < -0.3 is 19.9 Å². The van der Waals surface area contributed by atoms with Crippen LogP contribution in [0.1, 0.15) is 19.8 Å². The summed E-state index contributed by atoms with van der Waals surface area (Å²) in [7, 11) is 1.85. The number of halogens is 1. The number of hydrogen-bond donors (Lipinski definition) is 1. The smallest absolute Gasteiger partial charge is 0.193 e. The topological polar surface area (TPSA) is 53.0 Å². The number of aliphatic imine (C=N–C) groups is 1. The zero-order chi connectivity index (χ0) is 16.3. The number of unbranched alkanes of at least 4 members (excludes halogenated alkanes) is 1. The van der Waals surface area contributed by atoms with Gasteiger partial charge >= 0.3 is 0 Å². The van der Waals surface area contributed by atoms with E-state index in [1.165, 1.54) is 0 Å². The van der Waals surface area contributed by atoms with E-state index in [0.717, 1.165) is 70.6 Å². The van der Waals surface area contributed by atoms with Crippen LogP contribution in [-0.4, -0.2) is 68.8 Å². The van der Waals surface area contributed by atoms with Crippen molar-refractivity contribution in [3.05, 3.63) is 24.4 Å². The van der Waals surface area contributed by atoms with Crippen LogP contribution in [0.4, 0.5) is 5.82 Å². The molecule has 1 saturated heterocycles. The van der Waals surface area contributed by atoms with Crippen molar-refractivity contribution >= 4 is 35.8 Å². The fraction of sp³-hybridized carbons (Fsp3) is 0.647. The third-order valence-electron chi connectivity index (χ3n) is 3.97. The minimum atomic E-state index is 0. The van der Waals surface area contributed by atoms with Crippen LogP contribution in [0, 0.1) is 0 Å². The van der Waals surface area contributed by atoms with Gasteiger partial charge in [0.25, 0.3) is 0 Å². The van der Waals surface area contributed by atoms with Crippen molar-refractivity contribution in [2.45, 2.75) is 19.8 Å². The second-order valence-corrected chi connectivity index (χ2v) is 5.54. The van der Waals surface area contributed by atoms with Gasteiger partial charge in [0.15, 0.2) is 5.96 Å². The minimum absolute atomic E-state index is 0. The first-order valence-electron chi connectivity index (χ1n) is 8.54. The van der Waals surface area contributed by atoms with E-state index in [-0.39, 0.29) is 24.0 Å². The second-order valence-electron chi connectivity index (χ2n) is 5.54. The van der Waals surface area contributed by atoms with Crippen LogP contribution in [0.25, 0.3) is 0 Å². The summed E-state index contributed by atoms with van der Waals surface area (Å²) in [6, 6.07) is 6.07. The van der Waals surface area contributed by atoms with Gasteiger partial charge in [0, 0.05) is 59.2 Å². The maximum absolute atomic E-state index is 5.36. The van der Waals surface area contributed by atoms with Gasteiger partial charge in [-0.05, 0) is 31.9 Å². The van der Waals surface area contributed by atoms with Gasteiger partial charge in [-0.1, -0.05) is 6.07 Å². The van der Waals surface area contributed by atoms with Crippen LogP contribution in [0.5, 0.6) is 0 Å². The summed E-state index contributed by atoms with van der Waals surface area (Å²) in [6.07, 6.45) is 4.04. The van der Waals surface area contributed by atoms with Crippen molar-refractivity contribution < 1.29 is 4.74 Å². The highest BCUT2D eigenvalue weighted by Crippen LogP contribution is 2.12. The maximum atomic E-state index is 5.36. The molecule has 0 spiro atoms. The standard InChI is InChI=1S/C17H29N5O.HI/c1-3-23-15-7-6-10-20-17(18-2)22-13-11-21(12-14-22)16-8-4-5-9-19-16;/h4-5,8-9H,3,6-7,10-15H2,1-2H3,(H,18,20);1H. The molecule has 1 aromatic rings. The molecule has 6 nitrogen and oxygen atoms in total. The summed E-state index contributed by atoms with van der Waals surface area (Å²) < 4.78 is 5.36. The SMILES string of the molecule is CCOCCCCNC(=NC)N1CCN(c2ccccn2)CC1.I. The minimum Gasteiger partial charge on any atom is -0.382 e. The maximum Gasteiger partial charge on any atom is 0.193 e. The zero-order valence-electron chi connectivity index (χ0n) is 14.8. The number of anilines is 1. The van der Waals surface area contributed by atoms with Crippen LogP contribution in [0.15, 0.2) is 29.4 Å². The van der Waals surface area contributed by atoms with Gasteiger partial charge in [0.1, 0.15) is 5.82 Å². The molecule has 2 heterocycles. The Morgan fingerprint density at radius 1 is 1.25 bits per heavy atom. The Balaban J connectivity index is 0.00000288. The van der Waals surface area contributed by atoms with E-state index in [4.69, 9.17) is 4.74 Å². The monoisotopic (exact) mass is 447 g/mol. The summed E-state index contributed by atoms with van der Waals surface area (Å²) in [5.74, 6) is 2.06. The molecule has 0 aliphatic carbocycles. The highest BCUT2D eigenvalue weighted by Gasteiger charge is 2.19. The third-order valence-corrected chi connectivity index (χ3v) is 3.97. The molecule has 7 heteroatoms. The molecule has 0 aromatic carbocycles. The van der Waals surface area contributed by atoms with Crippen molar-refractivity contribution in [1.29, 1.82) is 0 Å². The molecule has 0 amide bonds. The molecule has 0 saturated carbocycles. The zero-order valence-corrected chi connectivity index (χ0v) is 17.1. The molecule has 1 fully saturated rings. The van der Waals surface area contributed by atoms with E-state index in [0.29, 0.717) is 0 Å². The summed E-state index contributed by atoms with van der Waals surface area (Å²) in [6.45, 7) is 8.51. The predicted molar refractivity (Wildman–Crippen MR) is 111 cm³/mol. The van der Waals surface area contributed by atoms with E-state index in [9.17, 15) is 0 Å². The lowest BCUT2D eigenvalue weighted by Gasteiger charge is -2.37. The fourth-order valence-corrected chi connectivity index (χ4v) is 2.69. The Kier molecular flexibility index (Phi) is 10.7. The average Bonchev–Trinajstić information content (AvgIpc) is 2.62. The van der Waals surface area contributed by atoms with Gasteiger partial charge in [-0.15, -0.1) is 24.0 Å². The molecular formula is C17H30IN5O. The summed E-state index contributed by atoms with van der Waals surface area (Å²) in [4.78, 5) is 13.5. The number of rotatable bonds is 7. The normalized spacial score (nSPS) is 15.2. The summed E-state index contributed by atoms with van der Waals surface area (Å²) >= 11 is 0. The molecule has 1 N–H and O–H groups in total. The Morgan fingerprint density at radius 2 is 2.04 bits per heavy atom. The first-order chi connectivity index (χ1) is 11.3. The Morgan fingerprint density at radius 3 is 2.67 bits per heavy atom. The molecule has 0 bridgehead atoms. The van der Waals surface area contributed by atoms with Crippen LogP contribution >= 0.6 is 24.0 Å². The number of aromatic nitrogens is 1. The average molecular weight is 447 g/mol. The Hall–Kier alpha value is -1.09. The van der Waals surface area contributed by atoms with Gasteiger partial charge in [-0.25, -0.2) is 4.98 Å². The van der Waals surface area contributed by atoms with Crippen molar-refractivity contribution in [3.8, 4) is 0 Å². The largest absolute Gasteiger partial charge is 0.382 e. The van der Waals surface area contributed by atoms with Gasteiger partial charge in [0.05, 0.1) is 0 Å². The molecule has 0 unspecified atom stereocenters. The molecule has 1 aromatic heterocycles. The first-order valence-corrected chi connectivity index (χ1v) is 8.54. The van der Waals surface area contributed by atoms with E-state index in [2.05, 4.69) is 31.2 Å². The highest BCUT2D eigenvalue weighted by molar-refractivity contribution is 14.0. The third kappa shape index (κ3) is 6.80. The van der Waals surface area contributed by atoms with Gasteiger partial charge in [0.2, 0.25) is 0 Å². The fourth-order valence-electron chi connectivity index (χ4n) is 2.69. The molecule has 136 valence electrons. The number of nitrogens with one attached hydrogen (secondary N) is 1. The lowest BCUT2D eigenvalue weighted by atomic mass is 10.3. The lowest BCUT2D eigenvalue weighted by molar-refractivity contribution is 0.143. The quantitative estimate of drug-likeness (QED) is 0.301. The van der Waals surface area contributed by atoms with Crippen molar-refractivity contribution in [3.63, 3.8) is 0 Å². The Bertz CT molecular complexity index is 463. The molecule has 0 atom stereocenters. The number of guanidine groups is 1. The second kappa shape index (κ2) is 12.3. The number of hydrogen-bond acceptors (Lipinski definition) is 4. The van der Waals surface area contributed by atoms with Crippen LogP contribution in [0.3, 0.4) is 0 Å². The van der Waals surface area contributed by atoms with E-state index in [1.54, 1.807) is 0 Å². The molecular weight excluding hydrogens is 417 g/mol. The number of piperazine rings is 1. The van der Waals surface area contributed by atoms with Crippen LogP contribution < -0.4 is 10.2 Å². The van der Waals surface area contributed by atoms with E-state index >= 15 is 0 Å².